The van der Waals surface area contributed by atoms with E-state index in [-0.39, 0.29) is 30.0 Å². The third kappa shape index (κ3) is 6.15. The van der Waals surface area contributed by atoms with Gasteiger partial charge in [-0.05, 0) is 37.5 Å². The first-order valence-electron chi connectivity index (χ1n) is 7.81. The molecule has 6 nitrogen and oxygen atoms in total. The molecule has 10 heteroatoms. The average Bonchev–Trinajstić information content (AvgIpc) is 3.03. The summed E-state index contributed by atoms with van der Waals surface area (Å²) in [7, 11) is 0. The minimum atomic E-state index is -4.49. The van der Waals surface area contributed by atoms with Gasteiger partial charge in [-0.15, -0.1) is 12.4 Å². The molecule has 1 heterocycles. The first kappa shape index (κ1) is 22.2. The third-order valence-corrected chi connectivity index (χ3v) is 3.87. The molecule has 1 aliphatic rings. The molecule has 1 aromatic carbocycles. The second-order valence-electron chi connectivity index (χ2n) is 5.88. The van der Waals surface area contributed by atoms with Crippen LogP contribution in [0.5, 0.6) is 0 Å². The van der Waals surface area contributed by atoms with E-state index in [0.717, 1.165) is 0 Å². The maximum Gasteiger partial charge on any atom is 0.405 e. The number of carbonyl (C=O) groups excluding carboxylic acids is 2. The van der Waals surface area contributed by atoms with Crippen LogP contribution in [0.2, 0.25) is 0 Å². The van der Waals surface area contributed by atoms with Gasteiger partial charge in [-0.1, -0.05) is 6.07 Å². The number of carbonyl (C=O) groups is 2. The number of hydrogen-bond donors (Lipinski definition) is 3. The molecule has 2 atom stereocenters. The first-order valence-corrected chi connectivity index (χ1v) is 7.81. The molecule has 0 aromatic heterocycles. The Morgan fingerprint density at radius 1 is 1.31 bits per heavy atom. The molecule has 0 aliphatic carbocycles. The van der Waals surface area contributed by atoms with Crippen molar-refractivity contribution < 1.29 is 27.5 Å². The number of ether oxygens (including phenoxy) is 1. The zero-order valence-corrected chi connectivity index (χ0v) is 14.9. The van der Waals surface area contributed by atoms with Crippen molar-refractivity contribution in [2.45, 2.75) is 38.1 Å². The lowest BCUT2D eigenvalue weighted by Gasteiger charge is -2.15. The van der Waals surface area contributed by atoms with Crippen LogP contribution in [0.3, 0.4) is 0 Å². The monoisotopic (exact) mass is 395 g/mol. The van der Waals surface area contributed by atoms with Crippen molar-refractivity contribution >= 4 is 29.9 Å². The number of halogens is 4. The molecular formula is C16H21ClF3N3O3. The number of aryl methyl sites for hydroxylation is 1. The van der Waals surface area contributed by atoms with E-state index in [1.807, 2.05) is 0 Å². The highest BCUT2D eigenvalue weighted by atomic mass is 35.5. The molecule has 1 saturated heterocycles. The fraction of sp³-hybridized carbons (Fsp3) is 0.500. The van der Waals surface area contributed by atoms with Crippen LogP contribution >= 0.6 is 12.4 Å². The number of anilines is 1. The lowest BCUT2D eigenvalue weighted by Crippen LogP contribution is -2.34. The standard InChI is InChI=1S/C16H20F3N3O3.ClH/c1-9-2-3-10(14(23)21-8-16(17,18)19)6-12(9)22-15(24)13-5-4-11(7-20)25-13;/h2-3,6,11,13H,4-5,7-8,20H2,1H3,(H,21,23)(H,22,24);1H/t11-,13+;/m1./s1. The van der Waals surface area contributed by atoms with Crippen molar-refractivity contribution in [2.24, 2.45) is 5.73 Å². The minimum absolute atomic E-state index is 0. The van der Waals surface area contributed by atoms with Gasteiger partial charge < -0.3 is 21.1 Å². The summed E-state index contributed by atoms with van der Waals surface area (Å²) in [6, 6.07) is 4.29. The normalized spacial score (nSPS) is 19.6. The van der Waals surface area contributed by atoms with Crippen LogP contribution in [-0.2, 0) is 9.53 Å². The van der Waals surface area contributed by atoms with Crippen molar-refractivity contribution in [3.8, 4) is 0 Å². The van der Waals surface area contributed by atoms with Gasteiger partial charge in [-0.3, -0.25) is 9.59 Å². The lowest BCUT2D eigenvalue weighted by molar-refractivity contribution is -0.126. The van der Waals surface area contributed by atoms with E-state index in [9.17, 15) is 22.8 Å². The molecule has 0 spiro atoms. The Labute approximate surface area is 155 Å². The number of amides is 2. The molecule has 2 rings (SSSR count). The van der Waals surface area contributed by atoms with Gasteiger partial charge in [0.05, 0.1) is 6.10 Å². The van der Waals surface area contributed by atoms with Crippen LogP contribution in [0.25, 0.3) is 0 Å². The van der Waals surface area contributed by atoms with Crippen LogP contribution in [0, 0.1) is 6.92 Å². The van der Waals surface area contributed by atoms with E-state index >= 15 is 0 Å². The van der Waals surface area contributed by atoms with Gasteiger partial charge in [0.1, 0.15) is 12.6 Å². The van der Waals surface area contributed by atoms with Gasteiger partial charge in [0.25, 0.3) is 11.8 Å². The number of hydrogen-bond acceptors (Lipinski definition) is 4. The SMILES string of the molecule is Cc1ccc(C(=O)NCC(F)(F)F)cc1NC(=O)[C@@H]1CC[C@H](CN)O1.Cl. The molecule has 0 unspecified atom stereocenters. The fourth-order valence-corrected chi connectivity index (χ4v) is 2.47. The summed E-state index contributed by atoms with van der Waals surface area (Å²) in [6.07, 6.45) is -4.05. The molecule has 0 saturated carbocycles. The molecule has 4 N–H and O–H groups in total. The summed E-state index contributed by atoms with van der Waals surface area (Å²) >= 11 is 0. The summed E-state index contributed by atoms with van der Waals surface area (Å²) in [5.74, 6) is -1.24. The van der Waals surface area contributed by atoms with E-state index in [0.29, 0.717) is 30.6 Å². The number of rotatable bonds is 5. The van der Waals surface area contributed by atoms with Crippen LogP contribution in [0.15, 0.2) is 18.2 Å². The van der Waals surface area contributed by atoms with Crippen LogP contribution in [-0.4, -0.2) is 43.3 Å². The minimum Gasteiger partial charge on any atom is -0.364 e. The Kier molecular flexibility index (Phi) is 7.86. The number of nitrogens with one attached hydrogen (secondary N) is 2. The van der Waals surface area contributed by atoms with Gasteiger partial charge in [0.2, 0.25) is 0 Å². The van der Waals surface area contributed by atoms with E-state index < -0.39 is 24.7 Å². The van der Waals surface area contributed by atoms with Gasteiger partial charge in [-0.2, -0.15) is 13.2 Å². The summed E-state index contributed by atoms with van der Waals surface area (Å²) < 4.78 is 42.1. The Balaban J connectivity index is 0.00000338. The summed E-state index contributed by atoms with van der Waals surface area (Å²) in [6.45, 7) is 0.626. The first-order chi connectivity index (χ1) is 11.7. The van der Waals surface area contributed by atoms with Crippen molar-refractivity contribution in [1.29, 1.82) is 0 Å². The largest absolute Gasteiger partial charge is 0.405 e. The Hall–Kier alpha value is -1.84. The molecule has 2 amide bonds. The van der Waals surface area contributed by atoms with Crippen LogP contribution in [0.1, 0.15) is 28.8 Å². The zero-order valence-electron chi connectivity index (χ0n) is 14.1. The maximum absolute atomic E-state index is 12.2. The summed E-state index contributed by atoms with van der Waals surface area (Å²) in [4.78, 5) is 24.1. The molecule has 1 fully saturated rings. The van der Waals surface area contributed by atoms with Gasteiger partial charge in [0.15, 0.2) is 0 Å². The molecule has 0 radical (unpaired) electrons. The number of benzene rings is 1. The van der Waals surface area contributed by atoms with Crippen molar-refractivity contribution in [3.05, 3.63) is 29.3 Å². The molecule has 0 bridgehead atoms. The fourth-order valence-electron chi connectivity index (χ4n) is 2.47. The number of alkyl halides is 3. The third-order valence-electron chi connectivity index (χ3n) is 3.87. The Morgan fingerprint density at radius 3 is 2.58 bits per heavy atom. The van der Waals surface area contributed by atoms with Gasteiger partial charge in [-0.25, -0.2) is 0 Å². The average molecular weight is 396 g/mol. The van der Waals surface area contributed by atoms with E-state index in [4.69, 9.17) is 10.5 Å². The van der Waals surface area contributed by atoms with Crippen LogP contribution < -0.4 is 16.4 Å². The number of nitrogens with two attached hydrogens (primary N) is 1. The predicted octanol–water partition coefficient (Wildman–Crippen LogP) is 2.15. The molecular weight excluding hydrogens is 375 g/mol. The van der Waals surface area contributed by atoms with E-state index in [2.05, 4.69) is 5.32 Å². The summed E-state index contributed by atoms with van der Waals surface area (Å²) in [5, 5.41) is 4.45. The predicted molar refractivity (Wildman–Crippen MR) is 92.4 cm³/mol. The highest BCUT2D eigenvalue weighted by Gasteiger charge is 2.30. The molecule has 146 valence electrons. The van der Waals surface area contributed by atoms with Crippen molar-refractivity contribution in [3.63, 3.8) is 0 Å². The lowest BCUT2D eigenvalue weighted by atomic mass is 10.1. The molecule has 1 aromatic rings. The van der Waals surface area contributed by atoms with Gasteiger partial charge >= 0.3 is 6.18 Å². The maximum atomic E-state index is 12.2. The smallest absolute Gasteiger partial charge is 0.364 e. The molecule has 26 heavy (non-hydrogen) atoms. The van der Waals surface area contributed by atoms with Crippen LogP contribution in [0.4, 0.5) is 18.9 Å². The van der Waals surface area contributed by atoms with E-state index in [1.54, 1.807) is 18.3 Å². The van der Waals surface area contributed by atoms with Gasteiger partial charge in [0, 0.05) is 17.8 Å². The van der Waals surface area contributed by atoms with E-state index in [1.165, 1.54) is 12.1 Å². The Morgan fingerprint density at radius 2 is 2.00 bits per heavy atom. The second-order valence-corrected chi connectivity index (χ2v) is 5.88. The van der Waals surface area contributed by atoms with Crippen molar-refractivity contribution in [1.82, 2.24) is 5.32 Å². The highest BCUT2D eigenvalue weighted by Crippen LogP contribution is 2.23. The quantitative estimate of drug-likeness (QED) is 0.712. The topological polar surface area (TPSA) is 93.5 Å². The zero-order chi connectivity index (χ0) is 18.6. The Bertz CT molecular complexity index is 655. The second kappa shape index (κ2) is 9.20. The van der Waals surface area contributed by atoms with Crippen molar-refractivity contribution in [2.75, 3.05) is 18.4 Å². The summed E-state index contributed by atoms with van der Waals surface area (Å²) in [5.41, 5.74) is 6.56. The molecule has 1 aliphatic heterocycles. The highest BCUT2D eigenvalue weighted by molar-refractivity contribution is 5.99.